The van der Waals surface area contributed by atoms with Gasteiger partial charge in [0.25, 0.3) is 5.91 Å². The minimum absolute atomic E-state index is 0.0618. The fraction of sp³-hybridized carbons (Fsp3) is 0.500. The van der Waals surface area contributed by atoms with Gasteiger partial charge >= 0.3 is 0 Å². The molecule has 1 fully saturated rings. The molecule has 1 aromatic carbocycles. The number of benzene rings is 1. The molecule has 7 nitrogen and oxygen atoms in total. The van der Waals surface area contributed by atoms with Gasteiger partial charge in [-0.25, -0.2) is 4.98 Å². The van der Waals surface area contributed by atoms with Crippen molar-refractivity contribution in [3.63, 3.8) is 0 Å². The minimum atomic E-state index is -0.366. The van der Waals surface area contributed by atoms with E-state index in [1.165, 1.54) is 5.56 Å². The average Bonchev–Trinajstić information content (AvgIpc) is 3.35. The number of hydrogen-bond donors (Lipinski definition) is 1. The van der Waals surface area contributed by atoms with Crippen LogP contribution in [0.25, 0.3) is 0 Å². The molecular formula is C24H29N3O4. The molecule has 2 aromatic rings. The lowest BCUT2D eigenvalue weighted by molar-refractivity contribution is 0.0715. The SMILES string of the molecule is CCc1cc2c(nc1N1CCC(Oc3ccc4c(c3)OCC4)CC1)[C@H](CO)N(C)C2=O. The van der Waals surface area contributed by atoms with E-state index in [4.69, 9.17) is 14.5 Å². The quantitative estimate of drug-likeness (QED) is 0.797. The molecule has 7 heteroatoms. The van der Waals surface area contributed by atoms with Gasteiger partial charge in [-0.3, -0.25) is 4.79 Å². The van der Waals surface area contributed by atoms with Crippen LogP contribution in [0.5, 0.6) is 11.5 Å². The summed E-state index contributed by atoms with van der Waals surface area (Å²) in [5, 5.41) is 9.79. The molecular weight excluding hydrogens is 394 g/mol. The number of aromatic nitrogens is 1. The minimum Gasteiger partial charge on any atom is -0.493 e. The monoisotopic (exact) mass is 423 g/mol. The summed E-state index contributed by atoms with van der Waals surface area (Å²) in [6.45, 7) is 4.42. The van der Waals surface area contributed by atoms with Crippen molar-refractivity contribution in [3.8, 4) is 11.5 Å². The summed E-state index contributed by atoms with van der Waals surface area (Å²) in [5.74, 6) is 2.69. The van der Waals surface area contributed by atoms with E-state index in [0.717, 1.165) is 68.3 Å². The lowest BCUT2D eigenvalue weighted by Crippen LogP contribution is -2.39. The van der Waals surface area contributed by atoms with Crippen molar-refractivity contribution < 1.29 is 19.4 Å². The number of hydrogen-bond acceptors (Lipinski definition) is 6. The second-order valence-electron chi connectivity index (χ2n) is 8.54. The Labute approximate surface area is 182 Å². The predicted octanol–water partition coefficient (Wildman–Crippen LogP) is 2.75. The van der Waals surface area contributed by atoms with Crippen LogP contribution in [0.1, 0.15) is 53.0 Å². The zero-order chi connectivity index (χ0) is 21.5. The molecule has 1 amide bonds. The molecule has 0 saturated carbocycles. The fourth-order valence-corrected chi connectivity index (χ4v) is 4.84. The Morgan fingerprint density at radius 2 is 2.06 bits per heavy atom. The summed E-state index contributed by atoms with van der Waals surface area (Å²) in [7, 11) is 1.73. The third-order valence-corrected chi connectivity index (χ3v) is 6.71. The Morgan fingerprint density at radius 1 is 1.26 bits per heavy atom. The second kappa shape index (κ2) is 8.04. The van der Waals surface area contributed by atoms with Gasteiger partial charge in [0.15, 0.2) is 0 Å². The van der Waals surface area contributed by atoms with E-state index in [-0.39, 0.29) is 24.7 Å². The highest BCUT2D eigenvalue weighted by atomic mass is 16.5. The van der Waals surface area contributed by atoms with E-state index >= 15 is 0 Å². The molecule has 1 saturated heterocycles. The van der Waals surface area contributed by atoms with Crippen molar-refractivity contribution in [2.45, 2.75) is 44.8 Å². The summed E-state index contributed by atoms with van der Waals surface area (Å²) in [6.07, 6.45) is 3.75. The lowest BCUT2D eigenvalue weighted by atomic mass is 10.0. The third kappa shape index (κ3) is 3.51. The van der Waals surface area contributed by atoms with Crippen LogP contribution in [0.3, 0.4) is 0 Å². The van der Waals surface area contributed by atoms with Crippen molar-refractivity contribution >= 4 is 11.7 Å². The number of rotatable bonds is 5. The smallest absolute Gasteiger partial charge is 0.256 e. The summed E-state index contributed by atoms with van der Waals surface area (Å²) in [6, 6.07) is 7.76. The summed E-state index contributed by atoms with van der Waals surface area (Å²) >= 11 is 0. The molecule has 0 radical (unpaired) electrons. The van der Waals surface area contributed by atoms with Crippen molar-refractivity contribution in [1.29, 1.82) is 0 Å². The highest BCUT2D eigenvalue weighted by Gasteiger charge is 2.37. The van der Waals surface area contributed by atoms with E-state index in [1.54, 1.807) is 11.9 Å². The van der Waals surface area contributed by atoms with E-state index in [2.05, 4.69) is 17.9 Å². The molecule has 5 rings (SSSR count). The second-order valence-corrected chi connectivity index (χ2v) is 8.54. The molecule has 31 heavy (non-hydrogen) atoms. The lowest BCUT2D eigenvalue weighted by Gasteiger charge is -2.34. The van der Waals surface area contributed by atoms with Crippen LogP contribution in [0, 0.1) is 0 Å². The van der Waals surface area contributed by atoms with E-state index in [9.17, 15) is 9.90 Å². The van der Waals surface area contributed by atoms with Gasteiger partial charge in [-0.15, -0.1) is 0 Å². The number of ether oxygens (including phenoxy) is 2. The van der Waals surface area contributed by atoms with Crippen LogP contribution in [0.15, 0.2) is 24.3 Å². The number of anilines is 1. The van der Waals surface area contributed by atoms with Crippen LogP contribution in [0.2, 0.25) is 0 Å². The van der Waals surface area contributed by atoms with Crippen molar-refractivity contribution in [2.75, 3.05) is 38.3 Å². The van der Waals surface area contributed by atoms with E-state index in [1.807, 2.05) is 18.2 Å². The standard InChI is InChI=1S/C24H29N3O4/c1-3-15-12-19-22(20(14-28)26(2)24(19)29)25-23(15)27-9-6-17(7-10-27)31-18-5-4-16-8-11-30-21(16)13-18/h4-5,12-13,17,20,28H,3,6-11,14H2,1-2H3/t20-/m0/s1. The highest BCUT2D eigenvalue weighted by molar-refractivity contribution is 5.99. The Balaban J connectivity index is 1.30. The number of nitrogens with zero attached hydrogens (tertiary/aromatic N) is 3. The highest BCUT2D eigenvalue weighted by Crippen LogP contribution is 2.36. The predicted molar refractivity (Wildman–Crippen MR) is 117 cm³/mol. The molecule has 0 bridgehead atoms. The molecule has 0 unspecified atom stereocenters. The Bertz CT molecular complexity index is 1000. The van der Waals surface area contributed by atoms with Gasteiger partial charge in [0.2, 0.25) is 0 Å². The number of likely N-dealkylation sites (N-methyl/N-ethyl adjacent to an activating group) is 1. The van der Waals surface area contributed by atoms with Crippen LogP contribution in [-0.2, 0) is 12.8 Å². The molecule has 3 aliphatic rings. The Morgan fingerprint density at radius 3 is 2.81 bits per heavy atom. The zero-order valence-corrected chi connectivity index (χ0v) is 18.1. The molecule has 1 N–H and O–H groups in total. The molecule has 1 aromatic heterocycles. The maximum Gasteiger partial charge on any atom is 0.256 e. The number of carbonyl (C=O) groups excluding carboxylic acids is 1. The van der Waals surface area contributed by atoms with Crippen molar-refractivity contribution in [1.82, 2.24) is 9.88 Å². The van der Waals surface area contributed by atoms with Crippen molar-refractivity contribution in [2.24, 2.45) is 0 Å². The first-order chi connectivity index (χ1) is 15.1. The summed E-state index contributed by atoms with van der Waals surface area (Å²) < 4.78 is 11.9. The number of piperidine rings is 1. The summed E-state index contributed by atoms with van der Waals surface area (Å²) in [4.78, 5) is 21.3. The molecule has 164 valence electrons. The topological polar surface area (TPSA) is 75.1 Å². The molecule has 4 heterocycles. The summed E-state index contributed by atoms with van der Waals surface area (Å²) in [5.41, 5.74) is 3.65. The first-order valence-corrected chi connectivity index (χ1v) is 11.2. The Hall–Kier alpha value is -2.80. The van der Waals surface area contributed by atoms with Crippen molar-refractivity contribution in [3.05, 3.63) is 46.6 Å². The number of aryl methyl sites for hydroxylation is 1. The van der Waals surface area contributed by atoms with Crippen LogP contribution < -0.4 is 14.4 Å². The maximum atomic E-state index is 12.5. The van der Waals surface area contributed by atoms with Gasteiger partial charge in [0.1, 0.15) is 23.4 Å². The normalized spacial score (nSPS) is 20.6. The first kappa shape index (κ1) is 20.1. The van der Waals surface area contributed by atoms with Gasteiger partial charge in [-0.1, -0.05) is 13.0 Å². The van der Waals surface area contributed by atoms with Gasteiger partial charge < -0.3 is 24.4 Å². The third-order valence-electron chi connectivity index (χ3n) is 6.71. The van der Waals surface area contributed by atoms with Gasteiger partial charge in [0.05, 0.1) is 30.5 Å². The number of amides is 1. The van der Waals surface area contributed by atoms with E-state index < -0.39 is 0 Å². The zero-order valence-electron chi connectivity index (χ0n) is 18.1. The van der Waals surface area contributed by atoms with Crippen LogP contribution in [-0.4, -0.2) is 60.4 Å². The van der Waals surface area contributed by atoms with E-state index in [0.29, 0.717) is 11.3 Å². The number of pyridine rings is 1. The molecule has 0 aliphatic carbocycles. The number of aliphatic hydroxyl groups is 1. The maximum absolute atomic E-state index is 12.5. The first-order valence-electron chi connectivity index (χ1n) is 11.2. The molecule has 1 atom stereocenters. The molecule has 3 aliphatic heterocycles. The van der Waals surface area contributed by atoms with Gasteiger partial charge in [-0.05, 0) is 29.7 Å². The molecule has 0 spiro atoms. The largest absolute Gasteiger partial charge is 0.493 e. The number of carbonyl (C=O) groups is 1. The van der Waals surface area contributed by atoms with Crippen LogP contribution in [0.4, 0.5) is 5.82 Å². The average molecular weight is 424 g/mol. The van der Waals surface area contributed by atoms with Gasteiger partial charge in [-0.2, -0.15) is 0 Å². The Kier molecular flexibility index (Phi) is 5.22. The fourth-order valence-electron chi connectivity index (χ4n) is 4.84. The van der Waals surface area contributed by atoms with Crippen LogP contribution >= 0.6 is 0 Å². The van der Waals surface area contributed by atoms with Gasteiger partial charge in [0, 0.05) is 45.5 Å². The number of aliphatic hydroxyl groups excluding tert-OH is 1. The number of fused-ring (bicyclic) bond motifs is 2.